The van der Waals surface area contributed by atoms with E-state index in [-0.39, 0.29) is 16.5 Å². The Hall–Kier alpha value is -1.60. The third-order valence-corrected chi connectivity index (χ3v) is 5.27. The van der Waals surface area contributed by atoms with Crippen LogP contribution in [0.15, 0.2) is 17.0 Å². The number of nitrogens with two attached hydrogens (primary N) is 1. The van der Waals surface area contributed by atoms with Crippen molar-refractivity contribution in [3.8, 4) is 0 Å². The zero-order valence-corrected chi connectivity index (χ0v) is 13.9. The van der Waals surface area contributed by atoms with E-state index in [1.54, 1.807) is 26.1 Å². The van der Waals surface area contributed by atoms with Crippen LogP contribution in [0.5, 0.6) is 0 Å². The van der Waals surface area contributed by atoms with Gasteiger partial charge in [0.05, 0.1) is 11.7 Å². The fraction of sp³-hybridized carbons (Fsp3) is 0.500. The molecule has 0 aliphatic heterocycles. The highest BCUT2D eigenvalue weighted by Crippen LogP contribution is 2.25. The van der Waals surface area contributed by atoms with Crippen molar-refractivity contribution in [2.45, 2.75) is 38.6 Å². The lowest BCUT2D eigenvalue weighted by Crippen LogP contribution is -2.45. The monoisotopic (exact) mass is 313 g/mol. The van der Waals surface area contributed by atoms with Crippen LogP contribution in [-0.4, -0.2) is 38.9 Å². The second-order valence-corrected chi connectivity index (χ2v) is 6.77. The number of nitrogen functional groups attached to an aromatic ring is 1. The number of benzene rings is 1. The number of carbonyl (C=O) groups is 1. The molecule has 1 rings (SSSR count). The summed E-state index contributed by atoms with van der Waals surface area (Å²) in [5, 5.41) is 0. The van der Waals surface area contributed by atoms with Gasteiger partial charge in [0.2, 0.25) is 15.9 Å². The van der Waals surface area contributed by atoms with Crippen LogP contribution in [0, 0.1) is 13.8 Å². The molecular formula is C14H23N3O3S. The van der Waals surface area contributed by atoms with Gasteiger partial charge in [-0.1, -0.05) is 6.07 Å². The highest BCUT2D eigenvalue weighted by molar-refractivity contribution is 7.89. The molecule has 7 heteroatoms. The maximum absolute atomic E-state index is 12.5. The number of hydrogen-bond donors (Lipinski definition) is 2. The minimum absolute atomic E-state index is 0.0429. The van der Waals surface area contributed by atoms with E-state index in [1.165, 1.54) is 11.8 Å². The summed E-state index contributed by atoms with van der Waals surface area (Å²) in [4.78, 5) is 13.5. The first-order valence-electron chi connectivity index (χ1n) is 6.74. The predicted molar refractivity (Wildman–Crippen MR) is 83.4 cm³/mol. The van der Waals surface area contributed by atoms with Crippen molar-refractivity contribution in [3.63, 3.8) is 0 Å². The van der Waals surface area contributed by atoms with Gasteiger partial charge in [-0.15, -0.1) is 0 Å². The zero-order chi connectivity index (χ0) is 16.4. The number of aryl methyl sites for hydroxylation is 1. The van der Waals surface area contributed by atoms with Crippen LogP contribution >= 0.6 is 0 Å². The molecule has 118 valence electrons. The standard InChI is InChI=1S/C14H23N3O3S/c1-6-17(5)14(18)11(4)16-21(19,20)13-10(3)9(2)7-8-12(13)15/h7-8,11,16H,6,15H2,1-5H3. The third-order valence-electron chi connectivity index (χ3n) is 3.53. The molecule has 1 atom stereocenters. The summed E-state index contributed by atoms with van der Waals surface area (Å²) in [5.74, 6) is -0.287. The van der Waals surface area contributed by atoms with Crippen LogP contribution in [0.3, 0.4) is 0 Å². The number of anilines is 1. The molecule has 0 aliphatic carbocycles. The van der Waals surface area contributed by atoms with E-state index in [0.29, 0.717) is 12.1 Å². The van der Waals surface area contributed by atoms with E-state index in [9.17, 15) is 13.2 Å². The van der Waals surface area contributed by atoms with Crippen LogP contribution in [0.25, 0.3) is 0 Å². The average molecular weight is 313 g/mol. The number of nitrogens with zero attached hydrogens (tertiary/aromatic N) is 1. The molecule has 0 spiro atoms. The lowest BCUT2D eigenvalue weighted by Gasteiger charge is -2.21. The van der Waals surface area contributed by atoms with E-state index in [1.807, 2.05) is 13.8 Å². The molecule has 3 N–H and O–H groups in total. The highest BCUT2D eigenvalue weighted by Gasteiger charge is 2.27. The SMILES string of the molecule is CCN(C)C(=O)C(C)NS(=O)(=O)c1c(N)ccc(C)c1C. The number of likely N-dealkylation sites (N-methyl/N-ethyl adjacent to an activating group) is 1. The maximum atomic E-state index is 12.5. The van der Waals surface area contributed by atoms with Crippen molar-refractivity contribution in [2.75, 3.05) is 19.3 Å². The van der Waals surface area contributed by atoms with Crippen LogP contribution in [0.2, 0.25) is 0 Å². The van der Waals surface area contributed by atoms with Crippen molar-refractivity contribution in [1.29, 1.82) is 0 Å². The smallest absolute Gasteiger partial charge is 0.243 e. The van der Waals surface area contributed by atoms with Crippen LogP contribution in [0.1, 0.15) is 25.0 Å². The quantitative estimate of drug-likeness (QED) is 0.794. The molecule has 6 nitrogen and oxygen atoms in total. The number of nitrogens with one attached hydrogen (secondary N) is 1. The molecule has 0 fully saturated rings. The lowest BCUT2D eigenvalue weighted by molar-refractivity contribution is -0.131. The Morgan fingerprint density at radius 1 is 1.38 bits per heavy atom. The molecule has 0 radical (unpaired) electrons. The van der Waals surface area contributed by atoms with E-state index in [4.69, 9.17) is 5.73 Å². The molecule has 1 unspecified atom stereocenters. The van der Waals surface area contributed by atoms with Crippen LogP contribution < -0.4 is 10.5 Å². The second kappa shape index (κ2) is 6.44. The molecule has 1 amide bonds. The minimum atomic E-state index is -3.85. The minimum Gasteiger partial charge on any atom is -0.398 e. The molecule has 21 heavy (non-hydrogen) atoms. The van der Waals surface area contributed by atoms with Crippen molar-refractivity contribution < 1.29 is 13.2 Å². The summed E-state index contributed by atoms with van der Waals surface area (Å²) in [7, 11) is -2.23. The molecule has 0 aliphatic rings. The largest absolute Gasteiger partial charge is 0.398 e. The molecule has 0 aromatic heterocycles. The van der Waals surface area contributed by atoms with E-state index in [0.717, 1.165) is 5.56 Å². The van der Waals surface area contributed by atoms with Gasteiger partial charge in [0.1, 0.15) is 4.90 Å². The molecule has 0 heterocycles. The predicted octanol–water partition coefficient (Wildman–Crippen LogP) is 1.03. The van der Waals surface area contributed by atoms with Gasteiger partial charge in [0, 0.05) is 13.6 Å². The molecule has 1 aromatic carbocycles. The van der Waals surface area contributed by atoms with E-state index >= 15 is 0 Å². The third kappa shape index (κ3) is 3.74. The van der Waals surface area contributed by atoms with E-state index < -0.39 is 16.1 Å². The summed E-state index contributed by atoms with van der Waals surface area (Å²) < 4.78 is 27.4. The molecule has 0 saturated carbocycles. The average Bonchev–Trinajstić information content (AvgIpc) is 2.40. The van der Waals surface area contributed by atoms with Gasteiger partial charge in [-0.3, -0.25) is 4.79 Å². The van der Waals surface area contributed by atoms with Gasteiger partial charge in [-0.05, 0) is 44.9 Å². The van der Waals surface area contributed by atoms with Crippen molar-refractivity contribution in [3.05, 3.63) is 23.3 Å². The number of carbonyl (C=O) groups excluding carboxylic acids is 1. The van der Waals surface area contributed by atoms with Gasteiger partial charge < -0.3 is 10.6 Å². The van der Waals surface area contributed by atoms with Crippen molar-refractivity contribution in [1.82, 2.24) is 9.62 Å². The first kappa shape index (κ1) is 17.5. The fourth-order valence-electron chi connectivity index (χ4n) is 2.00. The Bertz CT molecular complexity index is 641. The Balaban J connectivity index is 3.14. The van der Waals surface area contributed by atoms with E-state index in [2.05, 4.69) is 4.72 Å². The number of sulfonamides is 1. The first-order valence-corrected chi connectivity index (χ1v) is 8.23. The number of amides is 1. The Morgan fingerprint density at radius 3 is 2.48 bits per heavy atom. The molecule has 0 bridgehead atoms. The number of hydrogen-bond acceptors (Lipinski definition) is 4. The summed E-state index contributed by atoms with van der Waals surface area (Å²) in [5.41, 5.74) is 7.39. The van der Waals surface area contributed by atoms with Crippen molar-refractivity contribution in [2.24, 2.45) is 0 Å². The first-order chi connectivity index (χ1) is 9.61. The fourth-order valence-corrected chi connectivity index (χ4v) is 3.62. The van der Waals surface area contributed by atoms with Crippen LogP contribution in [0.4, 0.5) is 5.69 Å². The summed E-state index contributed by atoms with van der Waals surface area (Å²) in [6.07, 6.45) is 0. The van der Waals surface area contributed by atoms with Crippen LogP contribution in [-0.2, 0) is 14.8 Å². The summed E-state index contributed by atoms with van der Waals surface area (Å²) in [6, 6.07) is 2.48. The van der Waals surface area contributed by atoms with Gasteiger partial charge in [-0.25, -0.2) is 8.42 Å². The Labute approximate surface area is 126 Å². The van der Waals surface area contributed by atoms with Gasteiger partial charge in [-0.2, -0.15) is 4.72 Å². The lowest BCUT2D eigenvalue weighted by atomic mass is 10.1. The second-order valence-electron chi connectivity index (χ2n) is 5.12. The Morgan fingerprint density at radius 2 is 1.95 bits per heavy atom. The van der Waals surface area contributed by atoms with Crippen molar-refractivity contribution >= 4 is 21.6 Å². The van der Waals surface area contributed by atoms with Gasteiger partial charge >= 0.3 is 0 Å². The van der Waals surface area contributed by atoms with Gasteiger partial charge in [0.25, 0.3) is 0 Å². The molecular weight excluding hydrogens is 290 g/mol. The molecule has 0 saturated heterocycles. The molecule has 1 aromatic rings. The highest BCUT2D eigenvalue weighted by atomic mass is 32.2. The Kier molecular flexibility index (Phi) is 5.36. The summed E-state index contributed by atoms with van der Waals surface area (Å²) in [6.45, 7) is 7.36. The maximum Gasteiger partial charge on any atom is 0.243 e. The normalized spacial score (nSPS) is 13.0. The number of rotatable bonds is 5. The topological polar surface area (TPSA) is 92.5 Å². The zero-order valence-electron chi connectivity index (χ0n) is 13.1. The summed E-state index contributed by atoms with van der Waals surface area (Å²) >= 11 is 0. The van der Waals surface area contributed by atoms with Gasteiger partial charge in [0.15, 0.2) is 0 Å².